The third-order valence-corrected chi connectivity index (χ3v) is 5.88. The Morgan fingerprint density at radius 3 is 2.61 bits per heavy atom. The zero-order valence-corrected chi connectivity index (χ0v) is 11.6. The molecule has 100 valence electrons. The summed E-state index contributed by atoms with van der Waals surface area (Å²) in [6, 6.07) is -0.0438. The number of rotatable bonds is 5. The molecule has 0 radical (unpaired) electrons. The highest BCUT2D eigenvalue weighted by Crippen LogP contribution is 2.42. The van der Waals surface area contributed by atoms with Gasteiger partial charge in [0.1, 0.15) is 0 Å². The topological polar surface area (TPSA) is 49.4 Å². The van der Waals surface area contributed by atoms with Crippen LogP contribution < -0.4 is 5.32 Å². The van der Waals surface area contributed by atoms with Crippen LogP contribution in [0.2, 0.25) is 0 Å². The van der Waals surface area contributed by atoms with Crippen LogP contribution >= 0.6 is 11.8 Å². The molecule has 0 bridgehead atoms. The Labute approximate surface area is 112 Å². The number of nitrogens with one attached hydrogen (secondary N) is 1. The molecule has 4 nitrogen and oxygen atoms in total. The van der Waals surface area contributed by atoms with Crippen molar-refractivity contribution in [2.24, 2.45) is 0 Å². The lowest BCUT2D eigenvalue weighted by molar-refractivity contribution is -0.139. The third-order valence-electron chi connectivity index (χ3n) is 4.46. The summed E-state index contributed by atoms with van der Waals surface area (Å²) in [5, 5.41) is 3.34. The highest BCUT2D eigenvalue weighted by molar-refractivity contribution is 8.00. The number of thioether (sulfide) groups is 1. The van der Waals surface area contributed by atoms with Crippen molar-refractivity contribution < 1.29 is 9.59 Å². The van der Waals surface area contributed by atoms with Crippen LogP contribution in [0.15, 0.2) is 0 Å². The quantitative estimate of drug-likeness (QED) is 0.760. The van der Waals surface area contributed by atoms with E-state index in [-0.39, 0.29) is 23.9 Å². The molecule has 0 spiro atoms. The second-order valence-electron chi connectivity index (χ2n) is 5.71. The molecule has 1 heterocycles. The maximum Gasteiger partial charge on any atom is 0.247 e. The van der Waals surface area contributed by atoms with Crippen LogP contribution in [0, 0.1) is 0 Å². The molecule has 3 fully saturated rings. The van der Waals surface area contributed by atoms with Gasteiger partial charge in [-0.15, -0.1) is 0 Å². The first-order valence-electron chi connectivity index (χ1n) is 6.80. The van der Waals surface area contributed by atoms with E-state index in [2.05, 4.69) is 11.6 Å². The number of carbonyl (C=O) groups is 2. The normalized spacial score (nSPS) is 30.7. The van der Waals surface area contributed by atoms with E-state index in [1.165, 1.54) is 24.2 Å². The van der Waals surface area contributed by atoms with Crippen molar-refractivity contribution in [3.05, 3.63) is 0 Å². The average molecular weight is 268 g/mol. The monoisotopic (exact) mass is 268 g/mol. The van der Waals surface area contributed by atoms with Gasteiger partial charge >= 0.3 is 0 Å². The van der Waals surface area contributed by atoms with Gasteiger partial charge in [0.25, 0.3) is 0 Å². The fraction of sp³-hybridized carbons (Fsp3) is 0.846. The molecule has 5 heteroatoms. The number of hydrogen-bond acceptors (Lipinski definition) is 4. The van der Waals surface area contributed by atoms with Crippen molar-refractivity contribution in [3.63, 3.8) is 0 Å². The molecule has 0 aromatic carbocycles. The fourth-order valence-electron chi connectivity index (χ4n) is 2.86. The lowest BCUT2D eigenvalue weighted by Crippen LogP contribution is -2.49. The summed E-state index contributed by atoms with van der Waals surface area (Å²) in [6.07, 6.45) is 8.23. The molecule has 2 saturated carbocycles. The molecule has 1 saturated heterocycles. The van der Waals surface area contributed by atoms with Crippen molar-refractivity contribution in [2.45, 2.75) is 55.4 Å². The summed E-state index contributed by atoms with van der Waals surface area (Å²) in [5.41, 5.74) is 0. The number of hydrogen-bond donors (Lipinski definition) is 1. The number of amides is 2. The lowest BCUT2D eigenvalue weighted by atomic mass is 9.84. The molecule has 18 heavy (non-hydrogen) atoms. The largest absolute Gasteiger partial charge is 0.304 e. The standard InChI is InChI=1S/C13H20N2O2S/c1-18-13(5-2-6-13)8-14-10-7-11(16)15(12(10)17)9-3-4-9/h9-10,14H,2-8H2,1H3. The molecule has 2 amide bonds. The zero-order valence-electron chi connectivity index (χ0n) is 10.8. The predicted octanol–water partition coefficient (Wildman–Crippen LogP) is 1.15. The van der Waals surface area contributed by atoms with Crippen LogP contribution in [-0.4, -0.2) is 46.3 Å². The van der Waals surface area contributed by atoms with Crippen molar-refractivity contribution in [3.8, 4) is 0 Å². The Morgan fingerprint density at radius 1 is 1.39 bits per heavy atom. The average Bonchev–Trinajstić information content (AvgIpc) is 3.07. The summed E-state index contributed by atoms with van der Waals surface area (Å²) >= 11 is 1.89. The summed E-state index contributed by atoms with van der Waals surface area (Å²) in [7, 11) is 0. The highest BCUT2D eigenvalue weighted by Gasteiger charge is 2.47. The minimum Gasteiger partial charge on any atom is -0.304 e. The van der Waals surface area contributed by atoms with E-state index < -0.39 is 0 Å². The molecule has 1 atom stereocenters. The Balaban J connectivity index is 1.57. The zero-order chi connectivity index (χ0) is 12.8. The molecule has 2 aliphatic carbocycles. The molecular formula is C13H20N2O2S. The van der Waals surface area contributed by atoms with Crippen molar-refractivity contribution >= 4 is 23.6 Å². The van der Waals surface area contributed by atoms with Gasteiger partial charge in [-0.2, -0.15) is 11.8 Å². The Bertz CT molecular complexity index is 372. The van der Waals surface area contributed by atoms with E-state index in [4.69, 9.17) is 0 Å². The van der Waals surface area contributed by atoms with E-state index >= 15 is 0 Å². The van der Waals surface area contributed by atoms with E-state index in [1.807, 2.05) is 11.8 Å². The number of imide groups is 1. The van der Waals surface area contributed by atoms with Crippen LogP contribution in [0.5, 0.6) is 0 Å². The molecule has 0 aromatic rings. The summed E-state index contributed by atoms with van der Waals surface area (Å²) in [5.74, 6) is 0.0323. The van der Waals surface area contributed by atoms with Gasteiger partial charge in [-0.05, 0) is 31.9 Å². The summed E-state index contributed by atoms with van der Waals surface area (Å²) < 4.78 is 0.316. The molecule has 3 aliphatic rings. The van der Waals surface area contributed by atoms with Crippen molar-refractivity contribution in [1.82, 2.24) is 10.2 Å². The van der Waals surface area contributed by atoms with E-state index in [1.54, 1.807) is 0 Å². The minimum atomic E-state index is -0.261. The van der Waals surface area contributed by atoms with Crippen LogP contribution in [0.25, 0.3) is 0 Å². The van der Waals surface area contributed by atoms with Crippen molar-refractivity contribution in [2.75, 3.05) is 12.8 Å². The first kappa shape index (κ1) is 12.5. The van der Waals surface area contributed by atoms with Gasteiger partial charge in [-0.1, -0.05) is 6.42 Å². The van der Waals surface area contributed by atoms with Crippen LogP contribution in [-0.2, 0) is 9.59 Å². The maximum atomic E-state index is 12.1. The van der Waals surface area contributed by atoms with Gasteiger partial charge in [-0.25, -0.2) is 0 Å². The van der Waals surface area contributed by atoms with Gasteiger partial charge < -0.3 is 5.32 Å². The van der Waals surface area contributed by atoms with Crippen molar-refractivity contribution in [1.29, 1.82) is 0 Å². The second kappa shape index (κ2) is 4.53. The fourth-order valence-corrected chi connectivity index (χ4v) is 3.78. The van der Waals surface area contributed by atoms with Crippen LogP contribution in [0.1, 0.15) is 38.5 Å². The number of likely N-dealkylation sites (tertiary alicyclic amines) is 1. The first-order valence-corrected chi connectivity index (χ1v) is 8.02. The highest BCUT2D eigenvalue weighted by atomic mass is 32.2. The smallest absolute Gasteiger partial charge is 0.247 e. The lowest BCUT2D eigenvalue weighted by Gasteiger charge is -2.41. The second-order valence-corrected chi connectivity index (χ2v) is 6.99. The molecule has 1 unspecified atom stereocenters. The van der Waals surface area contributed by atoms with Crippen LogP contribution in [0.3, 0.4) is 0 Å². The molecule has 1 aliphatic heterocycles. The number of nitrogens with zero attached hydrogens (tertiary/aromatic N) is 1. The third kappa shape index (κ3) is 2.07. The SMILES string of the molecule is CSC1(CNC2CC(=O)N(C3CC3)C2=O)CCC1. The molecule has 3 rings (SSSR count). The van der Waals surface area contributed by atoms with E-state index in [9.17, 15) is 9.59 Å². The Kier molecular flexibility index (Phi) is 3.14. The van der Waals surface area contributed by atoms with Gasteiger partial charge in [0, 0.05) is 17.3 Å². The molecule has 0 aromatic heterocycles. The van der Waals surface area contributed by atoms with Gasteiger partial charge in [0.05, 0.1) is 12.5 Å². The van der Waals surface area contributed by atoms with E-state index in [0.29, 0.717) is 11.2 Å². The Hall–Kier alpha value is -0.550. The minimum absolute atomic E-state index is 0.0121. The molecular weight excluding hydrogens is 248 g/mol. The van der Waals surface area contributed by atoms with Gasteiger partial charge in [-0.3, -0.25) is 14.5 Å². The summed E-state index contributed by atoms with van der Waals surface area (Å²) in [4.78, 5) is 25.5. The first-order chi connectivity index (χ1) is 8.65. The Morgan fingerprint density at radius 2 is 2.11 bits per heavy atom. The van der Waals surface area contributed by atoms with Gasteiger partial charge in [0.2, 0.25) is 11.8 Å². The van der Waals surface area contributed by atoms with Gasteiger partial charge in [0.15, 0.2) is 0 Å². The predicted molar refractivity (Wildman–Crippen MR) is 71.4 cm³/mol. The summed E-state index contributed by atoms with van der Waals surface area (Å²) in [6.45, 7) is 0.857. The maximum absolute atomic E-state index is 12.1. The molecule has 1 N–H and O–H groups in total. The van der Waals surface area contributed by atoms with Crippen LogP contribution in [0.4, 0.5) is 0 Å². The number of carbonyl (C=O) groups excluding carboxylic acids is 2. The van der Waals surface area contributed by atoms with E-state index in [0.717, 1.165) is 19.4 Å².